The molecule has 36 heavy (non-hydrogen) atoms. The zero-order chi connectivity index (χ0) is 25.5. The standard InChI is InChI=1S/C30H34N2O4/c1-15-7-5-9-23(17(15)3)31-27(33)19-11-13-21-26-22(14-12-20(25(19)26)28(31)34)30(36)32(29(21)35)24-10-6-8-16(2)18(24)4/h11-18,23-24H,5-10H2,1-4H3/t15-,16+,17-,18-,23+,24-/m1/s1. The summed E-state index contributed by atoms with van der Waals surface area (Å²) in [5, 5.41) is 0.943. The van der Waals surface area contributed by atoms with Crippen LogP contribution in [0.5, 0.6) is 0 Å². The van der Waals surface area contributed by atoms with Gasteiger partial charge in [-0.05, 0) is 60.8 Å². The van der Waals surface area contributed by atoms with E-state index in [1.54, 1.807) is 24.3 Å². The zero-order valence-corrected chi connectivity index (χ0v) is 21.5. The number of carbonyl (C=O) groups excluding carboxylic acids is 4. The van der Waals surface area contributed by atoms with Crippen molar-refractivity contribution in [1.29, 1.82) is 0 Å². The molecule has 0 aromatic heterocycles. The van der Waals surface area contributed by atoms with Gasteiger partial charge in [0.2, 0.25) is 0 Å². The molecule has 2 aliphatic heterocycles. The Kier molecular flexibility index (Phi) is 5.36. The summed E-state index contributed by atoms with van der Waals surface area (Å²) in [6.07, 6.45) is 5.80. The SMILES string of the molecule is C[C@@H]1[C@H](C)CCC[C@@H]1N1C(=O)c2ccc3c4c(ccc(c24)C1=O)C(=O)N([C@@H]1CCC[C@H](C)[C@H]1C)C3=O. The molecule has 6 rings (SSSR count). The molecule has 4 amide bonds. The van der Waals surface area contributed by atoms with Crippen molar-refractivity contribution in [3.63, 3.8) is 0 Å². The minimum atomic E-state index is -0.306. The monoisotopic (exact) mass is 486 g/mol. The fourth-order valence-corrected chi connectivity index (χ4v) is 7.35. The van der Waals surface area contributed by atoms with Gasteiger partial charge in [-0.2, -0.15) is 0 Å². The van der Waals surface area contributed by atoms with Gasteiger partial charge in [-0.1, -0.05) is 53.4 Å². The molecule has 2 aliphatic carbocycles. The predicted molar refractivity (Wildman–Crippen MR) is 137 cm³/mol. The maximum atomic E-state index is 13.8. The normalized spacial score (nSPS) is 32.4. The lowest BCUT2D eigenvalue weighted by atomic mass is 9.75. The minimum absolute atomic E-state index is 0.141. The average molecular weight is 487 g/mol. The molecule has 6 atom stereocenters. The van der Waals surface area contributed by atoms with Crippen LogP contribution in [-0.4, -0.2) is 45.5 Å². The molecule has 0 radical (unpaired) electrons. The second kappa shape index (κ2) is 8.25. The zero-order valence-electron chi connectivity index (χ0n) is 21.5. The van der Waals surface area contributed by atoms with Crippen molar-refractivity contribution >= 4 is 34.4 Å². The molecule has 2 saturated carbocycles. The number of hydrogen-bond donors (Lipinski definition) is 0. The summed E-state index contributed by atoms with van der Waals surface area (Å²) in [4.78, 5) is 58.0. The Bertz CT molecular complexity index is 1160. The number of hydrogen-bond acceptors (Lipinski definition) is 4. The topological polar surface area (TPSA) is 74.8 Å². The van der Waals surface area contributed by atoms with Crippen LogP contribution in [0.15, 0.2) is 24.3 Å². The first-order valence-corrected chi connectivity index (χ1v) is 13.6. The van der Waals surface area contributed by atoms with E-state index in [9.17, 15) is 19.2 Å². The maximum Gasteiger partial charge on any atom is 0.261 e. The van der Waals surface area contributed by atoms with E-state index in [2.05, 4.69) is 27.7 Å². The van der Waals surface area contributed by atoms with Gasteiger partial charge in [0.1, 0.15) is 0 Å². The molecule has 0 saturated heterocycles. The number of benzene rings is 2. The van der Waals surface area contributed by atoms with Gasteiger partial charge in [-0.15, -0.1) is 0 Å². The van der Waals surface area contributed by atoms with Crippen molar-refractivity contribution in [2.24, 2.45) is 23.7 Å². The summed E-state index contributed by atoms with van der Waals surface area (Å²) >= 11 is 0. The third kappa shape index (κ3) is 3.09. The molecular formula is C30H34N2O4. The quantitative estimate of drug-likeness (QED) is 0.512. The molecule has 6 heteroatoms. The Morgan fingerprint density at radius 3 is 1.14 bits per heavy atom. The minimum Gasteiger partial charge on any atom is -0.271 e. The molecule has 0 unspecified atom stereocenters. The summed E-state index contributed by atoms with van der Waals surface area (Å²) in [5.41, 5.74) is 1.68. The summed E-state index contributed by atoms with van der Waals surface area (Å²) < 4.78 is 0. The van der Waals surface area contributed by atoms with Gasteiger partial charge in [0.05, 0.1) is 0 Å². The van der Waals surface area contributed by atoms with Gasteiger partial charge in [-0.3, -0.25) is 29.0 Å². The smallest absolute Gasteiger partial charge is 0.261 e. The van der Waals surface area contributed by atoms with E-state index in [1.165, 1.54) is 9.80 Å². The first-order valence-electron chi connectivity index (χ1n) is 13.6. The lowest BCUT2D eigenvalue weighted by Gasteiger charge is -2.43. The summed E-state index contributed by atoms with van der Waals surface area (Å²) in [7, 11) is 0. The Balaban J connectivity index is 1.47. The van der Waals surface area contributed by atoms with Crippen LogP contribution in [-0.2, 0) is 0 Å². The second-order valence-electron chi connectivity index (χ2n) is 11.7. The fourth-order valence-electron chi connectivity index (χ4n) is 7.35. The summed E-state index contributed by atoms with van der Waals surface area (Å²) in [6.45, 7) is 8.63. The molecule has 2 fully saturated rings. The largest absolute Gasteiger partial charge is 0.271 e. The fraction of sp³-hybridized carbons (Fsp3) is 0.533. The second-order valence-corrected chi connectivity index (χ2v) is 11.7. The number of rotatable bonds is 2. The van der Waals surface area contributed by atoms with Gasteiger partial charge in [0.15, 0.2) is 0 Å². The Morgan fingerprint density at radius 1 is 0.528 bits per heavy atom. The van der Waals surface area contributed by atoms with E-state index < -0.39 is 0 Å². The molecule has 6 nitrogen and oxygen atoms in total. The van der Waals surface area contributed by atoms with E-state index in [1.807, 2.05) is 0 Å². The number of nitrogens with zero attached hydrogens (tertiary/aromatic N) is 2. The van der Waals surface area contributed by atoms with Crippen LogP contribution in [0.1, 0.15) is 108 Å². The molecular weight excluding hydrogens is 452 g/mol. The molecule has 2 heterocycles. The molecule has 0 spiro atoms. The lowest BCUT2D eigenvalue weighted by Crippen LogP contribution is -2.53. The lowest BCUT2D eigenvalue weighted by molar-refractivity contribution is 0.0365. The van der Waals surface area contributed by atoms with Gasteiger partial charge < -0.3 is 0 Å². The Labute approximate surface area is 212 Å². The third-order valence-corrected chi connectivity index (χ3v) is 9.95. The van der Waals surface area contributed by atoms with Gasteiger partial charge in [-0.25, -0.2) is 0 Å². The van der Waals surface area contributed by atoms with E-state index in [0.29, 0.717) is 44.9 Å². The predicted octanol–water partition coefficient (Wildman–Crippen LogP) is 5.68. The van der Waals surface area contributed by atoms with Gasteiger partial charge in [0, 0.05) is 45.1 Å². The van der Waals surface area contributed by atoms with Crippen LogP contribution in [0.25, 0.3) is 10.8 Å². The number of amides is 4. The van der Waals surface area contributed by atoms with Crippen molar-refractivity contribution in [2.45, 2.75) is 78.3 Å². The molecule has 4 aliphatic rings. The van der Waals surface area contributed by atoms with E-state index in [0.717, 1.165) is 38.5 Å². The molecule has 0 N–H and O–H groups in total. The molecule has 188 valence electrons. The summed E-state index contributed by atoms with van der Waals surface area (Å²) in [6, 6.07) is 6.51. The van der Waals surface area contributed by atoms with Crippen LogP contribution >= 0.6 is 0 Å². The molecule has 2 aromatic rings. The van der Waals surface area contributed by atoms with E-state index in [4.69, 9.17) is 0 Å². The van der Waals surface area contributed by atoms with Crippen LogP contribution in [0.4, 0.5) is 0 Å². The van der Waals surface area contributed by atoms with Crippen LogP contribution in [0.2, 0.25) is 0 Å². The van der Waals surface area contributed by atoms with Crippen LogP contribution in [0, 0.1) is 23.7 Å². The highest BCUT2D eigenvalue weighted by molar-refractivity contribution is 6.33. The maximum absolute atomic E-state index is 13.8. The van der Waals surface area contributed by atoms with E-state index in [-0.39, 0.29) is 47.5 Å². The Morgan fingerprint density at radius 2 is 0.833 bits per heavy atom. The van der Waals surface area contributed by atoms with Gasteiger partial charge >= 0.3 is 0 Å². The first kappa shape index (κ1) is 23.4. The third-order valence-electron chi connectivity index (χ3n) is 9.95. The number of imide groups is 2. The van der Waals surface area contributed by atoms with Crippen molar-refractivity contribution in [2.75, 3.05) is 0 Å². The van der Waals surface area contributed by atoms with Crippen molar-refractivity contribution in [3.05, 3.63) is 46.5 Å². The molecule has 2 aromatic carbocycles. The highest BCUT2D eigenvalue weighted by Gasteiger charge is 2.46. The van der Waals surface area contributed by atoms with Crippen molar-refractivity contribution in [1.82, 2.24) is 9.80 Å². The first-order chi connectivity index (χ1) is 17.2. The average Bonchev–Trinajstić information content (AvgIpc) is 2.86. The van der Waals surface area contributed by atoms with E-state index >= 15 is 0 Å². The Hall–Kier alpha value is -3.02. The van der Waals surface area contributed by atoms with Crippen LogP contribution < -0.4 is 0 Å². The van der Waals surface area contributed by atoms with Crippen molar-refractivity contribution < 1.29 is 19.2 Å². The van der Waals surface area contributed by atoms with Crippen LogP contribution in [0.3, 0.4) is 0 Å². The summed E-state index contributed by atoms with van der Waals surface area (Å²) in [5.74, 6) is 0.0895. The van der Waals surface area contributed by atoms with Crippen molar-refractivity contribution in [3.8, 4) is 0 Å². The number of carbonyl (C=O) groups is 4. The molecule has 0 bridgehead atoms. The highest BCUT2D eigenvalue weighted by Crippen LogP contribution is 2.43. The van der Waals surface area contributed by atoms with Gasteiger partial charge in [0.25, 0.3) is 23.6 Å². The highest BCUT2D eigenvalue weighted by atomic mass is 16.2.